The maximum Gasteiger partial charge on any atom is 0.248 e. The van der Waals surface area contributed by atoms with Crippen molar-refractivity contribution in [1.82, 2.24) is 9.78 Å². The summed E-state index contributed by atoms with van der Waals surface area (Å²) in [5.41, 5.74) is 4.39. The summed E-state index contributed by atoms with van der Waals surface area (Å²) < 4.78 is 1.59. The van der Waals surface area contributed by atoms with Crippen LogP contribution in [-0.2, 0) is 9.59 Å². The van der Waals surface area contributed by atoms with E-state index in [9.17, 15) is 9.59 Å². The molecule has 0 radical (unpaired) electrons. The van der Waals surface area contributed by atoms with Gasteiger partial charge in [0.25, 0.3) is 0 Å². The van der Waals surface area contributed by atoms with Crippen molar-refractivity contribution in [3.63, 3.8) is 0 Å². The summed E-state index contributed by atoms with van der Waals surface area (Å²) in [7, 11) is 0. The van der Waals surface area contributed by atoms with Gasteiger partial charge in [-0.1, -0.05) is 42.8 Å². The molecule has 6 heteroatoms. The second-order valence-corrected chi connectivity index (χ2v) is 7.11. The predicted molar refractivity (Wildman–Crippen MR) is 120 cm³/mol. The maximum atomic E-state index is 12.5. The lowest BCUT2D eigenvalue weighted by Crippen LogP contribution is -2.24. The third-order valence-electron chi connectivity index (χ3n) is 4.81. The summed E-state index contributed by atoms with van der Waals surface area (Å²) in [6.07, 6.45) is 5.74. The van der Waals surface area contributed by atoms with E-state index >= 15 is 0 Å². The van der Waals surface area contributed by atoms with Crippen molar-refractivity contribution in [3.8, 4) is 0 Å². The zero-order valence-corrected chi connectivity index (χ0v) is 17.4. The van der Waals surface area contributed by atoms with Crippen LogP contribution >= 0.6 is 0 Å². The Morgan fingerprint density at radius 2 is 1.77 bits per heavy atom. The zero-order valence-electron chi connectivity index (χ0n) is 17.4. The number of nitrogens with zero attached hydrogens (tertiary/aromatic N) is 2. The topological polar surface area (TPSA) is 76.0 Å². The Bertz CT molecular complexity index is 1040. The number of nitrogens with one attached hydrogen (secondary N) is 2. The molecule has 2 aromatic carbocycles. The summed E-state index contributed by atoms with van der Waals surface area (Å²) in [6, 6.07) is 16.5. The second kappa shape index (κ2) is 9.69. The van der Waals surface area contributed by atoms with Gasteiger partial charge in [0.15, 0.2) is 0 Å². The van der Waals surface area contributed by atoms with Crippen LogP contribution in [0.25, 0.3) is 5.57 Å². The number of allylic oxidation sites excluding steroid dienone is 1. The molecule has 3 aromatic rings. The van der Waals surface area contributed by atoms with Gasteiger partial charge in [-0.25, -0.2) is 0 Å². The highest BCUT2D eigenvalue weighted by atomic mass is 16.2. The molecule has 0 saturated heterocycles. The van der Waals surface area contributed by atoms with Crippen LogP contribution in [0.2, 0.25) is 0 Å². The maximum absolute atomic E-state index is 12.5. The molecule has 0 aliphatic carbocycles. The fourth-order valence-corrected chi connectivity index (χ4v) is 3.05. The summed E-state index contributed by atoms with van der Waals surface area (Å²) in [4.78, 5) is 25.0. The number of hydrogen-bond donors (Lipinski definition) is 2. The van der Waals surface area contributed by atoms with E-state index in [4.69, 9.17) is 0 Å². The van der Waals surface area contributed by atoms with E-state index < -0.39 is 6.04 Å². The van der Waals surface area contributed by atoms with Gasteiger partial charge in [0.2, 0.25) is 11.8 Å². The molecule has 0 saturated carbocycles. The minimum atomic E-state index is -0.442. The molecule has 0 spiro atoms. The summed E-state index contributed by atoms with van der Waals surface area (Å²) in [5.74, 6) is -0.393. The van der Waals surface area contributed by atoms with E-state index in [2.05, 4.69) is 15.7 Å². The van der Waals surface area contributed by atoms with Gasteiger partial charge in [0, 0.05) is 29.8 Å². The first-order valence-corrected chi connectivity index (χ1v) is 9.95. The molecule has 154 valence electrons. The molecular formula is C24H26N4O2. The number of aromatic nitrogens is 2. The molecule has 6 nitrogen and oxygen atoms in total. The van der Waals surface area contributed by atoms with E-state index in [0.717, 1.165) is 17.6 Å². The lowest BCUT2D eigenvalue weighted by molar-refractivity contribution is -0.119. The number of benzene rings is 2. The summed E-state index contributed by atoms with van der Waals surface area (Å²) in [6.45, 7) is 5.83. The van der Waals surface area contributed by atoms with Crippen LogP contribution < -0.4 is 10.6 Å². The highest BCUT2D eigenvalue weighted by Gasteiger charge is 2.15. The van der Waals surface area contributed by atoms with Crippen molar-refractivity contribution in [2.24, 2.45) is 0 Å². The Morgan fingerprint density at radius 3 is 2.40 bits per heavy atom. The lowest BCUT2D eigenvalue weighted by atomic mass is 10.0. The first kappa shape index (κ1) is 21.0. The van der Waals surface area contributed by atoms with Crippen molar-refractivity contribution in [2.75, 3.05) is 10.6 Å². The number of amides is 2. The van der Waals surface area contributed by atoms with Gasteiger partial charge < -0.3 is 10.6 Å². The summed E-state index contributed by atoms with van der Waals surface area (Å²) in [5, 5.41) is 9.83. The number of anilines is 2. The SMILES string of the molecule is CC/C(=C/C(=O)Nc1cccc(NC(=O)[C@H](C)n2cccn2)c1)c1ccc(C)cc1. The molecule has 1 aromatic heterocycles. The van der Waals surface area contributed by atoms with Crippen LogP contribution in [0.3, 0.4) is 0 Å². The Hall–Kier alpha value is -3.67. The van der Waals surface area contributed by atoms with Crippen molar-refractivity contribution in [2.45, 2.75) is 33.2 Å². The van der Waals surface area contributed by atoms with Gasteiger partial charge in [-0.15, -0.1) is 0 Å². The monoisotopic (exact) mass is 402 g/mol. The molecule has 1 heterocycles. The van der Waals surface area contributed by atoms with Gasteiger partial charge in [-0.05, 0) is 55.7 Å². The zero-order chi connectivity index (χ0) is 21.5. The Balaban J connectivity index is 1.67. The first-order valence-electron chi connectivity index (χ1n) is 9.95. The van der Waals surface area contributed by atoms with Crippen LogP contribution in [0.5, 0.6) is 0 Å². The number of carbonyl (C=O) groups is 2. The average molecular weight is 402 g/mol. The van der Waals surface area contributed by atoms with Gasteiger partial charge >= 0.3 is 0 Å². The van der Waals surface area contributed by atoms with Gasteiger partial charge in [-0.2, -0.15) is 5.10 Å². The minimum Gasteiger partial charge on any atom is -0.324 e. The summed E-state index contributed by atoms with van der Waals surface area (Å²) >= 11 is 0. The molecule has 0 aliphatic heterocycles. The number of hydrogen-bond acceptors (Lipinski definition) is 3. The third-order valence-corrected chi connectivity index (χ3v) is 4.81. The Labute approximate surface area is 176 Å². The van der Waals surface area contributed by atoms with Gasteiger partial charge in [0.1, 0.15) is 6.04 Å². The largest absolute Gasteiger partial charge is 0.324 e. The molecule has 1 atom stereocenters. The van der Waals surface area contributed by atoms with E-state index in [0.29, 0.717) is 11.4 Å². The standard InChI is InChI=1S/C24H26N4O2/c1-4-19(20-11-9-17(2)10-12-20)15-23(29)26-21-7-5-8-22(16-21)27-24(30)18(3)28-14-6-13-25-28/h5-16,18H,4H2,1-3H3,(H,26,29)(H,27,30)/b19-15-/t18-/m0/s1. The quantitative estimate of drug-likeness (QED) is 0.556. The Morgan fingerprint density at radius 1 is 1.07 bits per heavy atom. The molecule has 30 heavy (non-hydrogen) atoms. The molecule has 0 aliphatic rings. The average Bonchev–Trinajstić information content (AvgIpc) is 3.27. The highest BCUT2D eigenvalue weighted by molar-refractivity contribution is 6.04. The molecule has 3 rings (SSSR count). The van der Waals surface area contributed by atoms with Crippen LogP contribution in [0, 0.1) is 6.92 Å². The van der Waals surface area contributed by atoms with Crippen LogP contribution in [-0.4, -0.2) is 21.6 Å². The van der Waals surface area contributed by atoms with Gasteiger partial charge in [0.05, 0.1) is 0 Å². The molecule has 2 N–H and O–H groups in total. The number of carbonyl (C=O) groups excluding carboxylic acids is 2. The van der Waals surface area contributed by atoms with Crippen molar-refractivity contribution < 1.29 is 9.59 Å². The minimum absolute atomic E-state index is 0.185. The second-order valence-electron chi connectivity index (χ2n) is 7.11. The number of rotatable bonds is 7. The molecule has 0 unspecified atom stereocenters. The first-order chi connectivity index (χ1) is 14.5. The number of aryl methyl sites for hydroxylation is 1. The smallest absolute Gasteiger partial charge is 0.248 e. The van der Waals surface area contributed by atoms with Crippen LogP contribution in [0.1, 0.15) is 37.4 Å². The fourth-order valence-electron chi connectivity index (χ4n) is 3.05. The van der Waals surface area contributed by atoms with E-state index in [1.54, 1.807) is 60.4 Å². The van der Waals surface area contributed by atoms with Crippen LogP contribution in [0.15, 0.2) is 73.1 Å². The van der Waals surface area contributed by atoms with E-state index in [1.165, 1.54) is 5.56 Å². The van der Waals surface area contributed by atoms with Crippen molar-refractivity contribution in [1.29, 1.82) is 0 Å². The molecule has 0 fully saturated rings. The lowest BCUT2D eigenvalue weighted by Gasteiger charge is -2.13. The normalized spacial score (nSPS) is 12.3. The molecule has 0 bridgehead atoms. The predicted octanol–water partition coefficient (Wildman–Crippen LogP) is 4.82. The van der Waals surface area contributed by atoms with Gasteiger partial charge in [-0.3, -0.25) is 14.3 Å². The van der Waals surface area contributed by atoms with E-state index in [1.807, 2.05) is 38.1 Å². The third kappa shape index (κ3) is 5.44. The molecule has 2 amide bonds. The van der Waals surface area contributed by atoms with Crippen molar-refractivity contribution >= 4 is 28.8 Å². The fraction of sp³-hybridized carbons (Fsp3) is 0.208. The van der Waals surface area contributed by atoms with Crippen molar-refractivity contribution in [3.05, 3.63) is 84.2 Å². The van der Waals surface area contributed by atoms with E-state index in [-0.39, 0.29) is 11.8 Å². The van der Waals surface area contributed by atoms with Crippen LogP contribution in [0.4, 0.5) is 11.4 Å². The molecular weight excluding hydrogens is 376 g/mol. The Kier molecular flexibility index (Phi) is 6.80. The highest BCUT2D eigenvalue weighted by Crippen LogP contribution is 2.20.